The van der Waals surface area contributed by atoms with Gasteiger partial charge in [-0.25, -0.2) is 4.39 Å². The van der Waals surface area contributed by atoms with Crippen LogP contribution < -0.4 is 0 Å². The van der Waals surface area contributed by atoms with Gasteiger partial charge in [0.05, 0.1) is 5.38 Å². The van der Waals surface area contributed by atoms with Gasteiger partial charge in [0.1, 0.15) is 5.82 Å². The van der Waals surface area contributed by atoms with E-state index in [2.05, 4.69) is 0 Å². The highest BCUT2D eigenvalue weighted by molar-refractivity contribution is 6.33. The quantitative estimate of drug-likeness (QED) is 0.621. The van der Waals surface area contributed by atoms with Crippen molar-refractivity contribution >= 4 is 23.2 Å². The molecule has 1 unspecified atom stereocenters. The summed E-state index contributed by atoms with van der Waals surface area (Å²) >= 11 is 12.9. The lowest BCUT2D eigenvalue weighted by molar-refractivity contribution is 0.624. The van der Waals surface area contributed by atoms with Crippen molar-refractivity contribution < 1.29 is 4.39 Å². The molecule has 100 valence electrons. The fourth-order valence-corrected chi connectivity index (χ4v) is 3.16. The first kappa shape index (κ1) is 14.4. The topological polar surface area (TPSA) is 0 Å². The molecule has 0 saturated heterocycles. The van der Waals surface area contributed by atoms with E-state index in [0.717, 1.165) is 27.8 Å². The zero-order valence-electron chi connectivity index (χ0n) is 11.1. The number of halogens is 3. The third kappa shape index (κ3) is 2.77. The normalized spacial score (nSPS) is 12.5. The standard InChI is InChI=1S/C16H15Cl2F/c1-9-5-4-6-13(15(9)17)16(18)14-10(2)7-12(19)8-11(14)3/h4-8,16H,1-3H3. The van der Waals surface area contributed by atoms with Gasteiger partial charge in [0, 0.05) is 5.02 Å². The third-order valence-corrected chi connectivity index (χ3v) is 4.28. The molecule has 0 heterocycles. The lowest BCUT2D eigenvalue weighted by Gasteiger charge is -2.18. The molecule has 0 bridgehead atoms. The first-order chi connectivity index (χ1) is 8.91. The van der Waals surface area contributed by atoms with Gasteiger partial charge >= 0.3 is 0 Å². The van der Waals surface area contributed by atoms with Gasteiger partial charge < -0.3 is 0 Å². The zero-order valence-corrected chi connectivity index (χ0v) is 12.6. The predicted molar refractivity (Wildman–Crippen MR) is 79.8 cm³/mol. The molecule has 0 aliphatic heterocycles. The lowest BCUT2D eigenvalue weighted by Crippen LogP contribution is -2.02. The van der Waals surface area contributed by atoms with E-state index in [1.54, 1.807) is 0 Å². The Balaban J connectivity index is 2.56. The van der Waals surface area contributed by atoms with Gasteiger partial charge in [0.25, 0.3) is 0 Å². The summed E-state index contributed by atoms with van der Waals surface area (Å²) in [6, 6.07) is 8.79. The summed E-state index contributed by atoms with van der Waals surface area (Å²) in [6.07, 6.45) is 0. The van der Waals surface area contributed by atoms with E-state index in [1.807, 2.05) is 39.0 Å². The van der Waals surface area contributed by atoms with Crippen molar-refractivity contribution in [3.63, 3.8) is 0 Å². The van der Waals surface area contributed by atoms with Gasteiger partial charge in [0.2, 0.25) is 0 Å². The molecule has 0 aliphatic carbocycles. The number of alkyl halides is 1. The van der Waals surface area contributed by atoms with Crippen molar-refractivity contribution in [2.75, 3.05) is 0 Å². The van der Waals surface area contributed by atoms with Gasteiger partial charge in [-0.05, 0) is 60.7 Å². The molecule has 0 amide bonds. The van der Waals surface area contributed by atoms with Crippen molar-refractivity contribution in [2.45, 2.75) is 26.1 Å². The number of benzene rings is 2. The van der Waals surface area contributed by atoms with Crippen LogP contribution in [-0.2, 0) is 0 Å². The van der Waals surface area contributed by atoms with Crippen molar-refractivity contribution in [3.05, 3.63) is 69.0 Å². The van der Waals surface area contributed by atoms with Crippen LogP contribution in [0.25, 0.3) is 0 Å². The minimum absolute atomic E-state index is 0.238. The van der Waals surface area contributed by atoms with Gasteiger partial charge in [0.15, 0.2) is 0 Å². The van der Waals surface area contributed by atoms with Crippen LogP contribution >= 0.6 is 23.2 Å². The van der Waals surface area contributed by atoms with Crippen LogP contribution in [0.4, 0.5) is 4.39 Å². The summed E-state index contributed by atoms with van der Waals surface area (Å²) in [4.78, 5) is 0. The average Bonchev–Trinajstić information content (AvgIpc) is 2.31. The Labute approximate surface area is 123 Å². The second-order valence-electron chi connectivity index (χ2n) is 4.79. The van der Waals surface area contributed by atoms with Gasteiger partial charge in [-0.1, -0.05) is 29.8 Å². The first-order valence-electron chi connectivity index (χ1n) is 6.07. The van der Waals surface area contributed by atoms with E-state index in [1.165, 1.54) is 12.1 Å². The maximum atomic E-state index is 13.3. The molecule has 0 aliphatic rings. The van der Waals surface area contributed by atoms with Crippen LogP contribution in [-0.4, -0.2) is 0 Å². The van der Waals surface area contributed by atoms with E-state index < -0.39 is 0 Å². The Hall–Kier alpha value is -1.05. The molecule has 19 heavy (non-hydrogen) atoms. The summed E-state index contributed by atoms with van der Waals surface area (Å²) in [5.41, 5.74) is 4.46. The summed E-state index contributed by atoms with van der Waals surface area (Å²) in [7, 11) is 0. The molecule has 0 saturated carbocycles. The molecule has 0 spiro atoms. The van der Waals surface area contributed by atoms with Crippen molar-refractivity contribution in [3.8, 4) is 0 Å². The van der Waals surface area contributed by atoms with E-state index in [0.29, 0.717) is 5.02 Å². The molecule has 0 N–H and O–H groups in total. The summed E-state index contributed by atoms with van der Waals surface area (Å²) in [5, 5.41) is 0.304. The second kappa shape index (κ2) is 5.52. The molecular weight excluding hydrogens is 282 g/mol. The van der Waals surface area contributed by atoms with Crippen LogP contribution in [0.15, 0.2) is 30.3 Å². The Morgan fingerprint density at radius 2 is 1.58 bits per heavy atom. The summed E-state index contributed by atoms with van der Waals surface area (Å²) in [6.45, 7) is 5.68. The minimum Gasteiger partial charge on any atom is -0.207 e. The lowest BCUT2D eigenvalue weighted by atomic mass is 9.94. The van der Waals surface area contributed by atoms with Gasteiger partial charge in [-0.2, -0.15) is 0 Å². The monoisotopic (exact) mass is 296 g/mol. The highest BCUT2D eigenvalue weighted by Crippen LogP contribution is 2.38. The van der Waals surface area contributed by atoms with Crippen LogP contribution in [0, 0.1) is 26.6 Å². The molecular formula is C16H15Cl2F. The van der Waals surface area contributed by atoms with Gasteiger partial charge in [-0.15, -0.1) is 11.6 Å². The number of hydrogen-bond donors (Lipinski definition) is 0. The fraction of sp³-hybridized carbons (Fsp3) is 0.250. The van der Waals surface area contributed by atoms with Crippen molar-refractivity contribution in [2.24, 2.45) is 0 Å². The molecule has 2 rings (SSSR count). The molecule has 2 aromatic rings. The smallest absolute Gasteiger partial charge is 0.123 e. The van der Waals surface area contributed by atoms with E-state index >= 15 is 0 Å². The van der Waals surface area contributed by atoms with Gasteiger partial charge in [-0.3, -0.25) is 0 Å². The SMILES string of the molecule is Cc1cccc(C(Cl)c2c(C)cc(F)cc2C)c1Cl. The zero-order chi connectivity index (χ0) is 14.2. The first-order valence-corrected chi connectivity index (χ1v) is 6.89. The maximum absolute atomic E-state index is 13.3. The van der Waals surface area contributed by atoms with E-state index in [9.17, 15) is 4.39 Å². The van der Waals surface area contributed by atoms with Crippen LogP contribution in [0.5, 0.6) is 0 Å². The third-order valence-electron chi connectivity index (χ3n) is 3.31. The number of aryl methyl sites for hydroxylation is 3. The molecule has 0 nitrogen and oxygen atoms in total. The Morgan fingerprint density at radius 3 is 2.16 bits per heavy atom. The molecule has 3 heteroatoms. The number of hydrogen-bond acceptors (Lipinski definition) is 0. The Kier molecular flexibility index (Phi) is 4.17. The van der Waals surface area contributed by atoms with Crippen LogP contribution in [0.1, 0.15) is 33.2 Å². The maximum Gasteiger partial charge on any atom is 0.123 e. The van der Waals surface area contributed by atoms with Crippen molar-refractivity contribution in [1.82, 2.24) is 0 Å². The predicted octanol–water partition coefficient (Wildman–Crippen LogP) is 5.73. The summed E-state index contributed by atoms with van der Waals surface area (Å²) in [5.74, 6) is -0.238. The van der Waals surface area contributed by atoms with Crippen LogP contribution in [0.2, 0.25) is 5.02 Å². The van der Waals surface area contributed by atoms with E-state index in [4.69, 9.17) is 23.2 Å². The summed E-state index contributed by atoms with van der Waals surface area (Å²) < 4.78 is 13.3. The average molecular weight is 297 g/mol. The molecule has 0 radical (unpaired) electrons. The molecule has 2 aromatic carbocycles. The fourth-order valence-electron chi connectivity index (χ4n) is 2.34. The van der Waals surface area contributed by atoms with Crippen molar-refractivity contribution in [1.29, 1.82) is 0 Å². The molecule has 0 fully saturated rings. The van der Waals surface area contributed by atoms with E-state index in [-0.39, 0.29) is 11.2 Å². The largest absolute Gasteiger partial charge is 0.207 e. The molecule has 0 aromatic heterocycles. The Morgan fingerprint density at radius 1 is 1.00 bits per heavy atom. The minimum atomic E-state index is -0.368. The number of rotatable bonds is 2. The second-order valence-corrected chi connectivity index (χ2v) is 5.61. The highest BCUT2D eigenvalue weighted by Gasteiger charge is 2.19. The van der Waals surface area contributed by atoms with Crippen LogP contribution in [0.3, 0.4) is 0 Å². The Bertz CT molecular complexity index is 597. The molecule has 1 atom stereocenters. The highest BCUT2D eigenvalue weighted by atomic mass is 35.5.